The van der Waals surface area contributed by atoms with Crippen LogP contribution < -0.4 is 9.47 Å². The second-order valence-electron chi connectivity index (χ2n) is 4.39. The van der Waals surface area contributed by atoms with Gasteiger partial charge in [0.15, 0.2) is 0 Å². The molecule has 0 aliphatic heterocycles. The predicted molar refractivity (Wildman–Crippen MR) is 66.3 cm³/mol. The fourth-order valence-electron chi connectivity index (χ4n) is 1.53. The Bertz CT molecular complexity index is 618. The van der Waals surface area contributed by atoms with Crippen molar-refractivity contribution in [1.29, 1.82) is 0 Å². The number of ether oxygens (including phenoxy) is 2. The Kier molecular flexibility index (Phi) is 4.30. The van der Waals surface area contributed by atoms with Crippen LogP contribution in [0.4, 0.5) is 17.6 Å². The summed E-state index contributed by atoms with van der Waals surface area (Å²) in [6, 6.07) is 5.71. The highest BCUT2D eigenvalue weighted by atomic mass is 19.2. The van der Waals surface area contributed by atoms with Crippen LogP contribution in [0.5, 0.6) is 17.2 Å². The van der Waals surface area contributed by atoms with Gasteiger partial charge in [-0.1, -0.05) is 0 Å². The van der Waals surface area contributed by atoms with Gasteiger partial charge < -0.3 is 9.47 Å². The SMILES string of the molecule is CC(C)Oc1ccc(Oc2c(F)c(F)nc(F)c2F)cc1. The lowest BCUT2D eigenvalue weighted by atomic mass is 10.3. The molecule has 1 aromatic carbocycles. The zero-order valence-corrected chi connectivity index (χ0v) is 11.2. The van der Waals surface area contributed by atoms with Crippen LogP contribution in [0.3, 0.4) is 0 Å². The Hall–Kier alpha value is -2.31. The van der Waals surface area contributed by atoms with E-state index in [-0.39, 0.29) is 11.9 Å². The first-order chi connectivity index (χ1) is 9.88. The monoisotopic (exact) mass is 301 g/mol. The molecule has 2 aromatic rings. The second-order valence-corrected chi connectivity index (χ2v) is 4.39. The summed E-state index contributed by atoms with van der Waals surface area (Å²) in [4.78, 5) is 2.44. The van der Waals surface area contributed by atoms with E-state index in [0.717, 1.165) is 0 Å². The van der Waals surface area contributed by atoms with Gasteiger partial charge in [-0.2, -0.15) is 22.5 Å². The van der Waals surface area contributed by atoms with Crippen molar-refractivity contribution >= 4 is 0 Å². The second kappa shape index (κ2) is 5.99. The van der Waals surface area contributed by atoms with Crippen molar-refractivity contribution in [3.05, 3.63) is 47.8 Å². The van der Waals surface area contributed by atoms with Crippen LogP contribution in [0.1, 0.15) is 13.8 Å². The summed E-state index contributed by atoms with van der Waals surface area (Å²) in [6.45, 7) is 3.66. The van der Waals surface area contributed by atoms with Crippen molar-refractivity contribution in [3.8, 4) is 17.2 Å². The summed E-state index contributed by atoms with van der Waals surface area (Å²) in [5.41, 5.74) is 0. The van der Waals surface area contributed by atoms with Gasteiger partial charge in [-0.25, -0.2) is 0 Å². The van der Waals surface area contributed by atoms with E-state index in [0.29, 0.717) is 5.75 Å². The number of aromatic nitrogens is 1. The Balaban J connectivity index is 2.26. The van der Waals surface area contributed by atoms with Crippen molar-refractivity contribution in [2.75, 3.05) is 0 Å². The van der Waals surface area contributed by atoms with Crippen molar-refractivity contribution in [1.82, 2.24) is 4.98 Å². The van der Waals surface area contributed by atoms with Gasteiger partial charge in [0.1, 0.15) is 11.5 Å². The van der Waals surface area contributed by atoms with Gasteiger partial charge in [-0.3, -0.25) is 0 Å². The first-order valence-corrected chi connectivity index (χ1v) is 6.03. The minimum Gasteiger partial charge on any atom is -0.491 e. The largest absolute Gasteiger partial charge is 0.491 e. The minimum absolute atomic E-state index is 0.00564. The quantitative estimate of drug-likeness (QED) is 0.626. The van der Waals surface area contributed by atoms with Gasteiger partial charge in [0.05, 0.1) is 6.10 Å². The Morgan fingerprint density at radius 3 is 1.81 bits per heavy atom. The molecule has 0 bridgehead atoms. The van der Waals surface area contributed by atoms with Crippen LogP contribution in [0.25, 0.3) is 0 Å². The molecule has 0 spiro atoms. The van der Waals surface area contributed by atoms with Gasteiger partial charge in [-0.15, -0.1) is 0 Å². The zero-order chi connectivity index (χ0) is 15.6. The molecular weight excluding hydrogens is 290 g/mol. The van der Waals surface area contributed by atoms with E-state index in [1.54, 1.807) is 0 Å². The summed E-state index contributed by atoms with van der Waals surface area (Å²) in [7, 11) is 0. The molecule has 0 radical (unpaired) electrons. The molecule has 0 saturated carbocycles. The van der Waals surface area contributed by atoms with Crippen molar-refractivity contribution < 1.29 is 27.0 Å². The third-order valence-corrected chi connectivity index (χ3v) is 2.37. The highest BCUT2D eigenvalue weighted by Gasteiger charge is 2.22. The van der Waals surface area contributed by atoms with Crippen molar-refractivity contribution in [3.63, 3.8) is 0 Å². The molecule has 7 heteroatoms. The third-order valence-electron chi connectivity index (χ3n) is 2.37. The molecule has 0 aliphatic carbocycles. The van der Waals surface area contributed by atoms with Crippen LogP contribution in [0.2, 0.25) is 0 Å². The van der Waals surface area contributed by atoms with Crippen LogP contribution in [-0.2, 0) is 0 Å². The molecule has 1 aromatic heterocycles. The molecule has 0 atom stereocenters. The smallest absolute Gasteiger partial charge is 0.255 e. The predicted octanol–water partition coefficient (Wildman–Crippen LogP) is 4.22. The number of hydrogen-bond donors (Lipinski definition) is 0. The van der Waals surface area contributed by atoms with Crippen LogP contribution in [0.15, 0.2) is 24.3 Å². The average molecular weight is 301 g/mol. The van der Waals surface area contributed by atoms with Crippen LogP contribution >= 0.6 is 0 Å². The lowest BCUT2D eigenvalue weighted by Gasteiger charge is -2.11. The molecule has 0 amide bonds. The molecule has 0 saturated heterocycles. The molecule has 3 nitrogen and oxygen atoms in total. The molecule has 1 heterocycles. The molecule has 21 heavy (non-hydrogen) atoms. The molecule has 0 fully saturated rings. The van der Waals surface area contributed by atoms with Gasteiger partial charge >= 0.3 is 0 Å². The standard InChI is InChI=1S/C14H11F4NO2/c1-7(2)20-8-3-5-9(6-4-8)21-12-10(15)13(17)19-14(18)11(12)16/h3-7H,1-2H3. The maximum Gasteiger partial charge on any atom is 0.255 e. The van der Waals surface area contributed by atoms with Gasteiger partial charge in [0.2, 0.25) is 17.4 Å². The van der Waals surface area contributed by atoms with Crippen molar-refractivity contribution in [2.24, 2.45) is 0 Å². The zero-order valence-electron chi connectivity index (χ0n) is 11.2. The van der Waals surface area contributed by atoms with Gasteiger partial charge in [0, 0.05) is 0 Å². The highest BCUT2D eigenvalue weighted by molar-refractivity contribution is 5.36. The Morgan fingerprint density at radius 2 is 1.33 bits per heavy atom. The molecule has 0 N–H and O–H groups in total. The molecule has 0 aliphatic rings. The topological polar surface area (TPSA) is 31.4 Å². The number of benzene rings is 1. The number of nitrogens with zero attached hydrogens (tertiary/aromatic N) is 1. The van der Waals surface area contributed by atoms with E-state index in [1.807, 2.05) is 13.8 Å². The van der Waals surface area contributed by atoms with Crippen LogP contribution in [-0.4, -0.2) is 11.1 Å². The van der Waals surface area contributed by atoms with E-state index in [2.05, 4.69) is 4.98 Å². The fourth-order valence-corrected chi connectivity index (χ4v) is 1.53. The Morgan fingerprint density at radius 1 is 0.857 bits per heavy atom. The lowest BCUT2D eigenvalue weighted by molar-refractivity contribution is 0.242. The number of pyridine rings is 1. The summed E-state index contributed by atoms with van der Waals surface area (Å²) >= 11 is 0. The Labute approximate surface area is 118 Å². The summed E-state index contributed by atoms with van der Waals surface area (Å²) in [5.74, 6) is -7.61. The summed E-state index contributed by atoms with van der Waals surface area (Å²) < 4.78 is 62.9. The molecule has 0 unspecified atom stereocenters. The first kappa shape index (κ1) is 15.1. The first-order valence-electron chi connectivity index (χ1n) is 6.03. The normalized spacial score (nSPS) is 10.8. The van der Waals surface area contributed by atoms with E-state index >= 15 is 0 Å². The maximum absolute atomic E-state index is 13.4. The van der Waals surface area contributed by atoms with Crippen molar-refractivity contribution in [2.45, 2.75) is 20.0 Å². The number of rotatable bonds is 4. The maximum atomic E-state index is 13.4. The van der Waals surface area contributed by atoms with Crippen LogP contribution in [0, 0.1) is 23.5 Å². The molecule has 2 rings (SSSR count). The molecule has 112 valence electrons. The highest BCUT2D eigenvalue weighted by Crippen LogP contribution is 2.30. The fraction of sp³-hybridized carbons (Fsp3) is 0.214. The number of halogens is 4. The third kappa shape index (κ3) is 3.42. The van der Waals surface area contributed by atoms with E-state index < -0.39 is 29.3 Å². The van der Waals surface area contributed by atoms with E-state index in [4.69, 9.17) is 9.47 Å². The van der Waals surface area contributed by atoms with Gasteiger partial charge in [0.25, 0.3) is 11.9 Å². The van der Waals surface area contributed by atoms with E-state index in [9.17, 15) is 17.6 Å². The average Bonchev–Trinajstić information content (AvgIpc) is 2.43. The lowest BCUT2D eigenvalue weighted by Crippen LogP contribution is -2.05. The molecular formula is C14H11F4NO2. The minimum atomic E-state index is -1.77. The van der Waals surface area contributed by atoms with Gasteiger partial charge in [-0.05, 0) is 38.1 Å². The van der Waals surface area contributed by atoms with E-state index in [1.165, 1.54) is 24.3 Å². The summed E-state index contributed by atoms with van der Waals surface area (Å²) in [6.07, 6.45) is -0.0463. The number of hydrogen-bond acceptors (Lipinski definition) is 3. The summed E-state index contributed by atoms with van der Waals surface area (Å²) in [5, 5.41) is 0.